The standard InChI is InChI=1S/C12H18N2O3S/c1-12(17,8-18-3)7-13-10(15)9-5-4-6-14(2)11(9)16/h4-6,17H,7-8H2,1-3H3,(H,13,15). The molecule has 0 saturated carbocycles. The number of hydrogen-bond donors (Lipinski definition) is 2. The van der Waals surface area contributed by atoms with Gasteiger partial charge in [0.15, 0.2) is 0 Å². The average Bonchev–Trinajstić information content (AvgIpc) is 2.30. The van der Waals surface area contributed by atoms with E-state index in [0.717, 1.165) is 0 Å². The van der Waals surface area contributed by atoms with Crippen LogP contribution in [0.4, 0.5) is 0 Å². The summed E-state index contributed by atoms with van der Waals surface area (Å²) in [5.74, 6) is 0.0534. The lowest BCUT2D eigenvalue weighted by atomic mass is 10.1. The van der Waals surface area contributed by atoms with E-state index in [1.807, 2.05) is 6.26 Å². The monoisotopic (exact) mass is 270 g/mol. The summed E-state index contributed by atoms with van der Waals surface area (Å²) in [7, 11) is 1.59. The number of aromatic nitrogens is 1. The van der Waals surface area contributed by atoms with Gasteiger partial charge in [0, 0.05) is 25.5 Å². The molecule has 100 valence electrons. The Kier molecular flexibility index (Phi) is 4.98. The third kappa shape index (κ3) is 3.89. The minimum absolute atomic E-state index is 0.0833. The van der Waals surface area contributed by atoms with Crippen LogP contribution in [0.25, 0.3) is 0 Å². The van der Waals surface area contributed by atoms with Crippen LogP contribution >= 0.6 is 11.8 Å². The highest BCUT2D eigenvalue weighted by atomic mass is 32.2. The van der Waals surface area contributed by atoms with Crippen LogP contribution in [0.15, 0.2) is 23.1 Å². The van der Waals surface area contributed by atoms with Crippen molar-refractivity contribution >= 4 is 17.7 Å². The number of pyridine rings is 1. The number of nitrogens with one attached hydrogen (secondary N) is 1. The number of hydrogen-bond acceptors (Lipinski definition) is 4. The topological polar surface area (TPSA) is 71.3 Å². The molecule has 2 N–H and O–H groups in total. The second-order valence-corrected chi connectivity index (χ2v) is 5.32. The molecule has 0 aromatic carbocycles. The van der Waals surface area contributed by atoms with E-state index in [4.69, 9.17) is 0 Å². The molecular formula is C12H18N2O3S. The van der Waals surface area contributed by atoms with Crippen LogP contribution in [-0.2, 0) is 7.05 Å². The van der Waals surface area contributed by atoms with Gasteiger partial charge in [0.1, 0.15) is 5.56 Å². The van der Waals surface area contributed by atoms with Crippen molar-refractivity contribution in [2.75, 3.05) is 18.6 Å². The number of carbonyl (C=O) groups is 1. The molecule has 1 atom stereocenters. The van der Waals surface area contributed by atoms with Gasteiger partial charge in [0.05, 0.1) is 5.60 Å². The number of aryl methyl sites for hydroxylation is 1. The smallest absolute Gasteiger partial charge is 0.263 e. The van der Waals surface area contributed by atoms with Crippen LogP contribution in [0, 0.1) is 0 Å². The Morgan fingerprint density at radius 1 is 1.61 bits per heavy atom. The molecule has 0 fully saturated rings. The second-order valence-electron chi connectivity index (χ2n) is 4.45. The second kappa shape index (κ2) is 6.06. The van der Waals surface area contributed by atoms with Gasteiger partial charge in [-0.3, -0.25) is 9.59 Å². The first kappa shape index (κ1) is 14.8. The van der Waals surface area contributed by atoms with Crippen molar-refractivity contribution in [3.05, 3.63) is 34.2 Å². The molecule has 1 unspecified atom stereocenters. The van der Waals surface area contributed by atoms with Gasteiger partial charge in [-0.2, -0.15) is 11.8 Å². The van der Waals surface area contributed by atoms with Crippen molar-refractivity contribution in [3.8, 4) is 0 Å². The molecule has 0 aliphatic carbocycles. The van der Waals surface area contributed by atoms with Crippen LogP contribution in [0.5, 0.6) is 0 Å². The Bertz CT molecular complexity index is 482. The summed E-state index contributed by atoms with van der Waals surface area (Å²) in [6.07, 6.45) is 3.46. The van der Waals surface area contributed by atoms with E-state index in [0.29, 0.717) is 5.75 Å². The molecule has 1 heterocycles. The fourth-order valence-corrected chi connectivity index (χ4v) is 2.22. The fourth-order valence-electron chi connectivity index (χ4n) is 1.50. The zero-order chi connectivity index (χ0) is 13.8. The van der Waals surface area contributed by atoms with Crippen molar-refractivity contribution < 1.29 is 9.90 Å². The minimum atomic E-state index is -0.977. The van der Waals surface area contributed by atoms with Crippen molar-refractivity contribution in [1.29, 1.82) is 0 Å². The number of nitrogens with zero attached hydrogens (tertiary/aromatic N) is 1. The maximum Gasteiger partial charge on any atom is 0.263 e. The summed E-state index contributed by atoms with van der Waals surface area (Å²) in [5.41, 5.74) is -1.24. The van der Waals surface area contributed by atoms with Gasteiger partial charge < -0.3 is 15.0 Å². The summed E-state index contributed by atoms with van der Waals surface area (Å²) in [4.78, 5) is 23.5. The summed E-state index contributed by atoms with van der Waals surface area (Å²) in [6, 6.07) is 3.11. The molecule has 1 rings (SSSR count). The maximum atomic E-state index is 11.8. The van der Waals surface area contributed by atoms with Crippen molar-refractivity contribution in [1.82, 2.24) is 9.88 Å². The van der Waals surface area contributed by atoms with E-state index < -0.39 is 11.5 Å². The molecule has 0 bridgehead atoms. The molecule has 6 heteroatoms. The number of rotatable bonds is 5. The summed E-state index contributed by atoms with van der Waals surface area (Å²) in [5, 5.41) is 12.5. The van der Waals surface area contributed by atoms with Gasteiger partial charge in [-0.1, -0.05) is 0 Å². The number of carbonyl (C=O) groups excluding carboxylic acids is 1. The van der Waals surface area contributed by atoms with Crippen molar-refractivity contribution in [2.45, 2.75) is 12.5 Å². The first-order chi connectivity index (χ1) is 8.37. The van der Waals surface area contributed by atoms with Gasteiger partial charge >= 0.3 is 0 Å². The molecule has 18 heavy (non-hydrogen) atoms. The van der Waals surface area contributed by atoms with E-state index in [1.54, 1.807) is 26.2 Å². The predicted octanol–water partition coefficient (Wildman–Crippen LogP) is 0.229. The normalized spacial score (nSPS) is 14.0. The zero-order valence-corrected chi connectivity index (χ0v) is 11.6. The van der Waals surface area contributed by atoms with Crippen LogP contribution in [0.3, 0.4) is 0 Å². The maximum absolute atomic E-state index is 11.8. The predicted molar refractivity (Wildman–Crippen MR) is 73.0 cm³/mol. The average molecular weight is 270 g/mol. The van der Waals surface area contributed by atoms with E-state index in [2.05, 4.69) is 5.32 Å². The molecule has 0 radical (unpaired) electrons. The van der Waals surface area contributed by atoms with Crippen LogP contribution in [0.2, 0.25) is 0 Å². The lowest BCUT2D eigenvalue weighted by molar-refractivity contribution is 0.0724. The van der Waals surface area contributed by atoms with Gasteiger partial charge in [-0.05, 0) is 25.3 Å². The molecule has 1 aromatic heterocycles. The van der Waals surface area contributed by atoms with Gasteiger partial charge in [0.2, 0.25) is 0 Å². The minimum Gasteiger partial charge on any atom is -0.387 e. The third-order valence-corrected chi connectivity index (χ3v) is 3.36. The third-order valence-electron chi connectivity index (χ3n) is 2.45. The summed E-state index contributed by atoms with van der Waals surface area (Å²) < 4.78 is 1.34. The quantitative estimate of drug-likeness (QED) is 0.803. The highest BCUT2D eigenvalue weighted by molar-refractivity contribution is 7.98. The van der Waals surface area contributed by atoms with Gasteiger partial charge in [0.25, 0.3) is 11.5 Å². The lowest BCUT2D eigenvalue weighted by Crippen LogP contribution is -2.43. The first-order valence-corrected chi connectivity index (χ1v) is 6.92. The molecule has 5 nitrogen and oxygen atoms in total. The molecule has 0 aliphatic heterocycles. The van der Waals surface area contributed by atoms with E-state index >= 15 is 0 Å². The highest BCUT2D eigenvalue weighted by Gasteiger charge is 2.21. The Labute approximate surface area is 110 Å². The summed E-state index contributed by atoms with van der Waals surface area (Å²) >= 11 is 1.49. The zero-order valence-electron chi connectivity index (χ0n) is 10.8. The van der Waals surface area contributed by atoms with Gasteiger partial charge in [-0.15, -0.1) is 0 Å². The van der Waals surface area contributed by atoms with Crippen molar-refractivity contribution in [3.63, 3.8) is 0 Å². The van der Waals surface area contributed by atoms with E-state index in [9.17, 15) is 14.7 Å². The molecule has 1 aromatic rings. The number of amides is 1. The first-order valence-electron chi connectivity index (χ1n) is 5.52. The fraction of sp³-hybridized carbons (Fsp3) is 0.500. The van der Waals surface area contributed by atoms with E-state index in [1.165, 1.54) is 22.4 Å². The van der Waals surface area contributed by atoms with Crippen molar-refractivity contribution in [2.24, 2.45) is 7.05 Å². The van der Waals surface area contributed by atoms with E-state index in [-0.39, 0.29) is 17.7 Å². The Hall–Kier alpha value is -1.27. The highest BCUT2D eigenvalue weighted by Crippen LogP contribution is 2.09. The van der Waals surface area contributed by atoms with Gasteiger partial charge in [-0.25, -0.2) is 0 Å². The number of thioether (sulfide) groups is 1. The SMILES string of the molecule is CSCC(C)(O)CNC(=O)c1cccn(C)c1=O. The van der Waals surface area contributed by atoms with Crippen LogP contribution < -0.4 is 10.9 Å². The Balaban J connectivity index is 2.72. The van der Waals surface area contributed by atoms with Crippen LogP contribution in [0.1, 0.15) is 17.3 Å². The number of aliphatic hydroxyl groups is 1. The molecule has 0 saturated heterocycles. The molecule has 0 spiro atoms. The van der Waals surface area contributed by atoms with Crippen LogP contribution in [-0.4, -0.2) is 39.7 Å². The molecular weight excluding hydrogens is 252 g/mol. The molecule has 1 amide bonds. The Morgan fingerprint density at radius 2 is 2.28 bits per heavy atom. The Morgan fingerprint density at radius 3 is 2.89 bits per heavy atom. The molecule has 0 aliphatic rings. The largest absolute Gasteiger partial charge is 0.387 e. The lowest BCUT2D eigenvalue weighted by Gasteiger charge is -2.22. The summed E-state index contributed by atoms with van der Waals surface area (Å²) in [6.45, 7) is 1.76.